The molecule has 0 aliphatic carbocycles. The Hall–Kier alpha value is -2.73. The molecule has 4 unspecified atom stereocenters. The number of aliphatic hydroxyl groups excluding tert-OH is 1. The fraction of sp³-hybridized carbons (Fsp3) is 0.667. The highest BCUT2D eigenvalue weighted by Gasteiger charge is 2.31. The summed E-state index contributed by atoms with van der Waals surface area (Å²) in [5.41, 5.74) is 5.44. The van der Waals surface area contributed by atoms with Crippen LogP contribution in [0.1, 0.15) is 27.2 Å². The van der Waals surface area contributed by atoms with Gasteiger partial charge < -0.3 is 37.0 Å². The molecular weight excluding hydrogens is 364 g/mol. The van der Waals surface area contributed by atoms with Crippen LogP contribution < -0.4 is 21.7 Å². The molecule has 0 aliphatic rings. The molecule has 0 bridgehead atoms. The van der Waals surface area contributed by atoms with E-state index in [2.05, 4.69) is 16.0 Å². The molecule has 4 atom stereocenters. The van der Waals surface area contributed by atoms with Crippen molar-refractivity contribution >= 4 is 29.7 Å². The minimum absolute atomic E-state index is 0.452. The quantitative estimate of drug-likeness (QED) is 0.191. The summed E-state index contributed by atoms with van der Waals surface area (Å²) >= 11 is 0. The number of carbonyl (C=O) groups excluding carboxylic acids is 3. The molecule has 27 heavy (non-hydrogen) atoms. The van der Waals surface area contributed by atoms with Gasteiger partial charge in [-0.25, -0.2) is 0 Å². The number of carboxylic acid groups (broad SMARTS) is 2. The molecular formula is C15H26N4O8. The maximum atomic E-state index is 12.4. The summed E-state index contributed by atoms with van der Waals surface area (Å²) in [5, 5.41) is 33.3. The second-order valence-electron chi connectivity index (χ2n) is 6.25. The number of amides is 3. The first kappa shape index (κ1) is 24.3. The predicted octanol–water partition coefficient (Wildman–Crippen LogP) is -3.00. The maximum absolute atomic E-state index is 12.4. The molecule has 0 fully saturated rings. The van der Waals surface area contributed by atoms with E-state index < -0.39 is 72.8 Å². The fourth-order valence-corrected chi connectivity index (χ4v) is 1.91. The highest BCUT2D eigenvalue weighted by molar-refractivity contribution is 5.94. The zero-order valence-corrected chi connectivity index (χ0v) is 15.3. The van der Waals surface area contributed by atoms with Crippen molar-refractivity contribution in [1.82, 2.24) is 16.0 Å². The Morgan fingerprint density at radius 1 is 0.889 bits per heavy atom. The second-order valence-corrected chi connectivity index (χ2v) is 6.25. The van der Waals surface area contributed by atoms with Crippen LogP contribution in [0.4, 0.5) is 0 Å². The van der Waals surface area contributed by atoms with E-state index in [0.717, 1.165) is 0 Å². The molecule has 0 radical (unpaired) electrons. The van der Waals surface area contributed by atoms with Crippen molar-refractivity contribution < 1.29 is 39.3 Å². The highest BCUT2D eigenvalue weighted by atomic mass is 16.4. The van der Waals surface area contributed by atoms with Crippen molar-refractivity contribution in [3.63, 3.8) is 0 Å². The first-order chi connectivity index (χ1) is 12.4. The molecule has 0 saturated carbocycles. The van der Waals surface area contributed by atoms with Crippen LogP contribution in [0.3, 0.4) is 0 Å². The summed E-state index contributed by atoms with van der Waals surface area (Å²) in [6.45, 7) is 3.58. The maximum Gasteiger partial charge on any atom is 0.325 e. The number of nitrogens with one attached hydrogen (secondary N) is 3. The van der Waals surface area contributed by atoms with E-state index >= 15 is 0 Å². The summed E-state index contributed by atoms with van der Waals surface area (Å²) in [7, 11) is 0. The van der Waals surface area contributed by atoms with Crippen molar-refractivity contribution in [2.75, 3.05) is 6.61 Å². The van der Waals surface area contributed by atoms with E-state index in [1.165, 1.54) is 6.92 Å². The monoisotopic (exact) mass is 390 g/mol. The molecule has 154 valence electrons. The van der Waals surface area contributed by atoms with E-state index in [9.17, 15) is 29.1 Å². The molecule has 0 saturated heterocycles. The van der Waals surface area contributed by atoms with E-state index in [4.69, 9.17) is 15.9 Å². The van der Waals surface area contributed by atoms with Gasteiger partial charge in [-0.05, 0) is 12.8 Å². The average Bonchev–Trinajstić information content (AvgIpc) is 2.55. The van der Waals surface area contributed by atoms with Gasteiger partial charge in [0.1, 0.15) is 18.1 Å². The summed E-state index contributed by atoms with van der Waals surface area (Å²) in [5.74, 6) is -5.64. The van der Waals surface area contributed by atoms with E-state index in [-0.39, 0.29) is 0 Å². The van der Waals surface area contributed by atoms with E-state index in [0.29, 0.717) is 0 Å². The van der Waals surface area contributed by atoms with Gasteiger partial charge in [0.15, 0.2) is 0 Å². The SMILES string of the molecule is CC(NC(=O)C(CO)NC(=O)C(NC(=O)C(N)CC(=O)O)C(C)C)C(=O)O. The van der Waals surface area contributed by atoms with Crippen molar-refractivity contribution in [1.29, 1.82) is 0 Å². The van der Waals surface area contributed by atoms with Crippen molar-refractivity contribution in [3.05, 3.63) is 0 Å². The molecule has 0 aromatic heterocycles. The van der Waals surface area contributed by atoms with E-state index in [1.54, 1.807) is 13.8 Å². The van der Waals surface area contributed by atoms with Gasteiger partial charge in [-0.15, -0.1) is 0 Å². The number of hydrogen-bond acceptors (Lipinski definition) is 7. The lowest BCUT2D eigenvalue weighted by Gasteiger charge is -2.25. The van der Waals surface area contributed by atoms with Crippen molar-refractivity contribution in [2.45, 2.75) is 51.4 Å². The first-order valence-corrected chi connectivity index (χ1v) is 8.12. The number of hydrogen-bond donors (Lipinski definition) is 7. The third kappa shape index (κ3) is 8.46. The highest BCUT2D eigenvalue weighted by Crippen LogP contribution is 2.04. The summed E-state index contributed by atoms with van der Waals surface area (Å²) in [6, 6.07) is -5.20. The summed E-state index contributed by atoms with van der Waals surface area (Å²) < 4.78 is 0. The van der Waals surface area contributed by atoms with Crippen molar-refractivity contribution in [3.8, 4) is 0 Å². The standard InChI is InChI=1S/C15H26N4O8/c1-6(2)11(19-12(23)8(16)4-10(21)22)14(25)18-9(5-20)13(24)17-7(3)15(26)27/h6-9,11,20H,4-5,16H2,1-3H3,(H,17,24)(H,18,25)(H,19,23)(H,21,22)(H,26,27). The van der Waals surface area contributed by atoms with E-state index in [1.807, 2.05) is 0 Å². The number of rotatable bonds is 11. The van der Waals surface area contributed by atoms with Crippen LogP contribution in [0.2, 0.25) is 0 Å². The Kier molecular flexibility index (Phi) is 9.96. The lowest BCUT2D eigenvalue weighted by atomic mass is 10.0. The van der Waals surface area contributed by atoms with Gasteiger partial charge in [0.2, 0.25) is 17.7 Å². The fourth-order valence-electron chi connectivity index (χ4n) is 1.91. The van der Waals surface area contributed by atoms with Crippen LogP contribution in [0.25, 0.3) is 0 Å². The number of carboxylic acids is 2. The Balaban J connectivity index is 5.04. The van der Waals surface area contributed by atoms with Gasteiger partial charge in [-0.2, -0.15) is 0 Å². The molecule has 8 N–H and O–H groups in total. The Morgan fingerprint density at radius 3 is 1.85 bits per heavy atom. The topological polar surface area (TPSA) is 208 Å². The van der Waals surface area contributed by atoms with Gasteiger partial charge in [0.05, 0.1) is 19.1 Å². The van der Waals surface area contributed by atoms with Gasteiger partial charge in [0.25, 0.3) is 0 Å². The number of aliphatic hydroxyl groups is 1. The zero-order valence-electron chi connectivity index (χ0n) is 15.3. The third-order valence-corrected chi connectivity index (χ3v) is 3.52. The zero-order chi connectivity index (χ0) is 21.3. The minimum atomic E-state index is -1.44. The molecule has 12 heteroatoms. The largest absolute Gasteiger partial charge is 0.481 e. The Bertz CT molecular complexity index is 580. The number of carbonyl (C=O) groups is 5. The van der Waals surface area contributed by atoms with Gasteiger partial charge >= 0.3 is 11.9 Å². The molecule has 0 aromatic rings. The lowest BCUT2D eigenvalue weighted by Crippen LogP contribution is -2.59. The molecule has 0 spiro atoms. The van der Waals surface area contributed by atoms with Crippen LogP contribution in [0, 0.1) is 5.92 Å². The van der Waals surface area contributed by atoms with Crippen LogP contribution in [0.5, 0.6) is 0 Å². The normalized spacial score (nSPS) is 15.2. The molecule has 0 heterocycles. The van der Waals surface area contributed by atoms with Crippen LogP contribution in [0.15, 0.2) is 0 Å². The van der Waals surface area contributed by atoms with Gasteiger partial charge in [-0.1, -0.05) is 13.8 Å². The van der Waals surface area contributed by atoms with Crippen LogP contribution in [-0.4, -0.2) is 75.8 Å². The number of nitrogens with two attached hydrogens (primary N) is 1. The summed E-state index contributed by atoms with van der Waals surface area (Å²) in [6.07, 6.45) is -0.632. The van der Waals surface area contributed by atoms with Gasteiger partial charge in [0, 0.05) is 0 Å². The minimum Gasteiger partial charge on any atom is -0.481 e. The predicted molar refractivity (Wildman–Crippen MR) is 91.3 cm³/mol. The average molecular weight is 390 g/mol. The third-order valence-electron chi connectivity index (χ3n) is 3.52. The Morgan fingerprint density at radius 2 is 1.44 bits per heavy atom. The van der Waals surface area contributed by atoms with Gasteiger partial charge in [-0.3, -0.25) is 24.0 Å². The Labute approximate surface area is 155 Å². The lowest BCUT2D eigenvalue weighted by molar-refractivity contribution is -0.142. The molecule has 0 aromatic carbocycles. The molecule has 12 nitrogen and oxygen atoms in total. The van der Waals surface area contributed by atoms with Crippen LogP contribution in [-0.2, 0) is 24.0 Å². The molecule has 0 aliphatic heterocycles. The summed E-state index contributed by atoms with van der Waals surface area (Å²) in [4.78, 5) is 57.6. The smallest absolute Gasteiger partial charge is 0.325 e. The van der Waals surface area contributed by atoms with Crippen LogP contribution >= 0.6 is 0 Å². The van der Waals surface area contributed by atoms with Crippen molar-refractivity contribution in [2.24, 2.45) is 11.7 Å². The second kappa shape index (κ2) is 11.1. The number of aliphatic carboxylic acids is 2. The first-order valence-electron chi connectivity index (χ1n) is 8.12. The molecule has 3 amide bonds. The molecule has 0 rings (SSSR count).